The highest BCUT2D eigenvalue weighted by Gasteiger charge is 2.21. The van der Waals surface area contributed by atoms with Crippen molar-refractivity contribution in [3.8, 4) is 69.0 Å². The summed E-state index contributed by atoms with van der Waals surface area (Å²) in [7, 11) is 0. The van der Waals surface area contributed by atoms with Crippen LogP contribution in [-0.2, 0) is 39.3 Å². The Hall–Kier alpha value is -11.9. The molecule has 0 radical (unpaired) electrons. The molecule has 31 nitrogen and oxygen atoms in total. The molecule has 0 atom stereocenters. The Balaban J connectivity index is 0.662. The lowest BCUT2D eigenvalue weighted by atomic mass is 10.2. The van der Waals surface area contributed by atoms with Crippen molar-refractivity contribution in [1.82, 2.24) is 49.8 Å². The fourth-order valence-electron chi connectivity index (χ4n) is 10.5. The largest absolute Gasteiger partial charge is 0.454 e. The van der Waals surface area contributed by atoms with Crippen molar-refractivity contribution < 1.29 is 56.8 Å². The zero-order chi connectivity index (χ0) is 62.8. The van der Waals surface area contributed by atoms with Gasteiger partial charge in [-0.25, -0.2) is 0 Å². The van der Waals surface area contributed by atoms with Crippen LogP contribution in [0.25, 0.3) is 0 Å². The Morgan fingerprint density at radius 3 is 0.585 bits per heavy atom. The number of benzene rings is 6. The van der Waals surface area contributed by atoms with Crippen LogP contribution in [0.4, 0.5) is 53.5 Å². The zero-order valence-corrected chi connectivity index (χ0v) is 50.5. The standard InChI is InChI=1S/C63H63N19O12/c1-7-43-49(89-31-83-43)19-37(1)25-67-58-73-55(74-59(79-58)68-26-38-2-8-44-50(20-38)90-32-84-44)64-13-16-82(17-14-65-56-75-60(69-27-39-3-9-45-51(21-39)91-33-85-45)80-61(76-56)70-28-40-4-10-46-52(22-40)92-34-86-46)18-15-66-57-77-62(71-29-41-5-11-47-53(23-41)93-35-87-47)81-63(78-57)72-30-42-6-12-48-54(24-42)94-36-88-48/h1-12,19-24H,13-18,25-36H2,(H3,64,67,68,73,74,79)(H3,65,69,70,75,76,80)(H3,66,71,72,77,78,81). The minimum Gasteiger partial charge on any atom is -0.454 e. The van der Waals surface area contributed by atoms with Gasteiger partial charge < -0.3 is 105 Å². The van der Waals surface area contributed by atoms with Gasteiger partial charge in [-0.1, -0.05) is 36.4 Å². The molecule has 6 aliphatic heterocycles. The molecule has 0 saturated heterocycles. The molecule has 94 heavy (non-hydrogen) atoms. The van der Waals surface area contributed by atoms with Gasteiger partial charge in [0.2, 0.25) is 94.3 Å². The molecule has 6 aromatic carbocycles. The molecule has 0 spiro atoms. The van der Waals surface area contributed by atoms with Crippen LogP contribution < -0.4 is 105 Å². The fraction of sp³-hybridized carbons (Fsp3) is 0.286. The second-order valence-corrected chi connectivity index (χ2v) is 21.8. The highest BCUT2D eigenvalue weighted by molar-refractivity contribution is 5.53. The smallest absolute Gasteiger partial charge is 0.231 e. The Morgan fingerprint density at radius 2 is 0.394 bits per heavy atom. The van der Waals surface area contributed by atoms with Gasteiger partial charge in [0.1, 0.15) is 0 Å². The van der Waals surface area contributed by atoms with E-state index in [1.807, 2.05) is 109 Å². The normalized spacial score (nSPS) is 13.6. The molecule has 6 aliphatic rings. The molecule has 0 bridgehead atoms. The SMILES string of the molecule is c1cc2c(cc1CNc1nc(NCCN(CCNc3nc(NCc4ccc5c(c4)OCO5)nc(NCc4ccc5c(c4)OCO5)n3)CCNc3nc(NCc4ccc5c(c4)OCO5)nc(NCc4ccc5c(c4)OCO5)n3)nc(NCc3ccc4c(c3)OCO4)n1)OCO2. The van der Waals surface area contributed by atoms with Gasteiger partial charge >= 0.3 is 0 Å². The molecule has 9 N–H and O–H groups in total. The van der Waals surface area contributed by atoms with Crippen LogP contribution in [-0.4, -0.2) is 130 Å². The molecule has 0 aliphatic carbocycles. The van der Waals surface area contributed by atoms with E-state index in [2.05, 4.69) is 52.8 Å². The molecule has 0 unspecified atom stereocenters. The average Bonchev–Trinajstić information content (AvgIpc) is 2.98. The number of fused-ring (bicyclic) bond motifs is 6. The second kappa shape index (κ2) is 27.3. The van der Waals surface area contributed by atoms with Crippen LogP contribution in [0.5, 0.6) is 69.0 Å². The topological polar surface area (TPSA) is 338 Å². The predicted molar refractivity (Wildman–Crippen MR) is 341 cm³/mol. The minimum atomic E-state index is 0.176. The average molecular weight is 1280 g/mol. The number of rotatable bonds is 30. The summed E-state index contributed by atoms with van der Waals surface area (Å²) in [5.41, 5.74) is 5.70. The summed E-state index contributed by atoms with van der Waals surface area (Å²) < 4.78 is 67.2. The lowest BCUT2D eigenvalue weighted by Crippen LogP contribution is -2.37. The van der Waals surface area contributed by atoms with Gasteiger partial charge in [-0.3, -0.25) is 4.90 Å². The van der Waals surface area contributed by atoms with Gasteiger partial charge in [-0.15, -0.1) is 0 Å². The molecule has 9 heterocycles. The van der Waals surface area contributed by atoms with Gasteiger partial charge in [-0.05, 0) is 106 Å². The van der Waals surface area contributed by atoms with E-state index in [0.29, 0.717) is 201 Å². The number of hydrogen-bond donors (Lipinski definition) is 9. The summed E-state index contributed by atoms with van der Waals surface area (Å²) in [5.74, 6) is 11.4. The highest BCUT2D eigenvalue weighted by atomic mass is 16.7. The fourth-order valence-corrected chi connectivity index (χ4v) is 10.5. The van der Waals surface area contributed by atoms with Crippen molar-refractivity contribution in [3.63, 3.8) is 0 Å². The van der Waals surface area contributed by atoms with Crippen LogP contribution >= 0.6 is 0 Å². The molecule has 482 valence electrons. The van der Waals surface area contributed by atoms with Gasteiger partial charge in [0.25, 0.3) is 0 Å². The van der Waals surface area contributed by atoms with E-state index < -0.39 is 0 Å². The van der Waals surface area contributed by atoms with Crippen molar-refractivity contribution in [2.24, 2.45) is 0 Å². The third-order valence-corrected chi connectivity index (χ3v) is 15.4. The molecular weight excluding hydrogens is 1210 g/mol. The van der Waals surface area contributed by atoms with Crippen LogP contribution in [0.3, 0.4) is 0 Å². The minimum absolute atomic E-state index is 0.176. The Kier molecular flexibility index (Phi) is 17.0. The predicted octanol–water partition coefficient (Wildman–Crippen LogP) is 7.22. The van der Waals surface area contributed by atoms with E-state index in [1.54, 1.807) is 0 Å². The monoisotopic (exact) mass is 1280 g/mol. The zero-order valence-electron chi connectivity index (χ0n) is 50.5. The molecule has 0 amide bonds. The number of anilines is 9. The first kappa shape index (κ1) is 58.5. The van der Waals surface area contributed by atoms with Crippen molar-refractivity contribution in [2.75, 3.05) is 128 Å². The summed E-state index contributed by atoms with van der Waals surface area (Å²) >= 11 is 0. The molecular formula is C63H63N19O12. The van der Waals surface area contributed by atoms with Gasteiger partial charge in [-0.2, -0.15) is 44.9 Å². The van der Waals surface area contributed by atoms with Crippen LogP contribution in [0, 0.1) is 0 Å². The second-order valence-electron chi connectivity index (χ2n) is 21.8. The summed E-state index contributed by atoms with van der Waals surface area (Å²) in [4.78, 5) is 45.5. The Morgan fingerprint density at radius 1 is 0.223 bits per heavy atom. The lowest BCUT2D eigenvalue weighted by Gasteiger charge is -2.23. The molecule has 31 heteroatoms. The van der Waals surface area contributed by atoms with E-state index in [1.165, 1.54) is 0 Å². The maximum Gasteiger partial charge on any atom is 0.231 e. The van der Waals surface area contributed by atoms with Crippen molar-refractivity contribution in [3.05, 3.63) is 143 Å². The van der Waals surface area contributed by atoms with Crippen molar-refractivity contribution >= 4 is 53.5 Å². The van der Waals surface area contributed by atoms with Crippen LogP contribution in [0.1, 0.15) is 33.4 Å². The van der Waals surface area contributed by atoms with Crippen LogP contribution in [0.15, 0.2) is 109 Å². The number of aromatic nitrogens is 9. The number of hydrogen-bond acceptors (Lipinski definition) is 31. The van der Waals surface area contributed by atoms with E-state index >= 15 is 0 Å². The Labute approximate surface area is 536 Å². The van der Waals surface area contributed by atoms with E-state index in [4.69, 9.17) is 102 Å². The summed E-state index contributed by atoms with van der Waals surface area (Å²) in [6.07, 6.45) is 0. The van der Waals surface area contributed by atoms with E-state index in [0.717, 1.165) is 33.4 Å². The molecule has 9 aromatic rings. The quantitative estimate of drug-likeness (QED) is 0.0214. The van der Waals surface area contributed by atoms with Gasteiger partial charge in [0, 0.05) is 78.5 Å². The molecule has 3 aromatic heterocycles. The maximum atomic E-state index is 5.65. The third kappa shape index (κ3) is 14.5. The highest BCUT2D eigenvalue weighted by Crippen LogP contribution is 2.38. The summed E-state index contributed by atoms with van der Waals surface area (Å²) in [6, 6.07) is 34.7. The number of nitrogens with zero attached hydrogens (tertiary/aromatic N) is 10. The third-order valence-electron chi connectivity index (χ3n) is 15.4. The first-order chi connectivity index (χ1) is 46.4. The van der Waals surface area contributed by atoms with E-state index in [-0.39, 0.29) is 40.8 Å². The summed E-state index contributed by atoms with van der Waals surface area (Å²) in [6.45, 7) is 6.34. The molecule has 0 saturated carbocycles. The van der Waals surface area contributed by atoms with E-state index in [9.17, 15) is 0 Å². The van der Waals surface area contributed by atoms with Crippen molar-refractivity contribution in [2.45, 2.75) is 39.3 Å². The number of ether oxygens (including phenoxy) is 12. The Bertz CT molecular complexity index is 3560. The number of nitrogens with one attached hydrogen (secondary N) is 9. The van der Waals surface area contributed by atoms with Gasteiger partial charge in [0.15, 0.2) is 69.0 Å². The first-order valence-electron chi connectivity index (χ1n) is 30.4. The molecule has 15 rings (SSSR count). The van der Waals surface area contributed by atoms with Crippen molar-refractivity contribution in [1.29, 1.82) is 0 Å². The first-order valence-corrected chi connectivity index (χ1v) is 30.4. The maximum absolute atomic E-state index is 5.65. The summed E-state index contributed by atoms with van der Waals surface area (Å²) in [5, 5.41) is 30.7. The molecule has 0 fully saturated rings. The van der Waals surface area contributed by atoms with Crippen LogP contribution in [0.2, 0.25) is 0 Å². The lowest BCUT2D eigenvalue weighted by molar-refractivity contribution is 0.173. The van der Waals surface area contributed by atoms with Gasteiger partial charge in [0.05, 0.1) is 0 Å².